The molecule has 1 aliphatic heterocycles. The van der Waals surface area contributed by atoms with Crippen LogP contribution in [-0.2, 0) is 17.8 Å². The van der Waals surface area contributed by atoms with Crippen molar-refractivity contribution in [3.8, 4) is 0 Å². The number of hydrogen-bond donors (Lipinski definition) is 0. The second-order valence-electron chi connectivity index (χ2n) is 6.52. The van der Waals surface area contributed by atoms with Crippen LogP contribution in [0.5, 0.6) is 0 Å². The highest BCUT2D eigenvalue weighted by atomic mass is 35.5. The van der Waals surface area contributed by atoms with Gasteiger partial charge in [-0.2, -0.15) is 0 Å². The Hall–Kier alpha value is -1.69. The number of ether oxygens (including phenoxy) is 1. The first-order chi connectivity index (χ1) is 12.2. The summed E-state index contributed by atoms with van der Waals surface area (Å²) < 4.78 is 7.27. The van der Waals surface area contributed by atoms with Crippen LogP contribution >= 0.6 is 11.6 Å². The minimum atomic E-state index is 0.0465. The zero-order chi connectivity index (χ0) is 17.6. The molecular weight excluding hydrogens is 338 g/mol. The van der Waals surface area contributed by atoms with Crippen LogP contribution in [0.25, 0.3) is 0 Å². The number of nitrogens with zero attached hydrogens (tertiary/aromatic N) is 3. The minimum absolute atomic E-state index is 0.0465. The number of ketones is 1. The number of benzene rings is 1. The van der Waals surface area contributed by atoms with Crippen LogP contribution in [0.3, 0.4) is 0 Å². The van der Waals surface area contributed by atoms with Crippen LogP contribution in [0.4, 0.5) is 0 Å². The normalized spacial score (nSPS) is 18.4. The standard InChI is InChI=1S/C19H24ClN3O2/c1-25-10-9-23-14-21-11-18(23)13-22-8-2-3-16(12-22)19(24)15-4-6-17(20)7-5-15/h4-7,11,14,16H,2-3,8-10,12-13H2,1H3. The Morgan fingerprint density at radius 1 is 1.36 bits per heavy atom. The van der Waals surface area contributed by atoms with Gasteiger partial charge in [-0.1, -0.05) is 11.6 Å². The molecule has 0 amide bonds. The van der Waals surface area contributed by atoms with Crippen molar-refractivity contribution in [2.45, 2.75) is 25.9 Å². The van der Waals surface area contributed by atoms with E-state index in [1.54, 1.807) is 19.2 Å². The van der Waals surface area contributed by atoms with Crippen LogP contribution in [0, 0.1) is 5.92 Å². The van der Waals surface area contributed by atoms with E-state index in [4.69, 9.17) is 16.3 Å². The van der Waals surface area contributed by atoms with Crippen LogP contribution in [0.15, 0.2) is 36.8 Å². The van der Waals surface area contributed by atoms with Crippen molar-refractivity contribution in [2.24, 2.45) is 5.92 Å². The number of rotatable bonds is 7. The summed E-state index contributed by atoms with van der Waals surface area (Å²) in [4.78, 5) is 19.4. The van der Waals surface area contributed by atoms with Crippen LogP contribution in [0.2, 0.25) is 5.02 Å². The first-order valence-corrected chi connectivity index (χ1v) is 9.05. The van der Waals surface area contributed by atoms with Gasteiger partial charge in [-0.05, 0) is 43.7 Å². The van der Waals surface area contributed by atoms with Crippen molar-refractivity contribution in [3.05, 3.63) is 53.1 Å². The SMILES string of the molecule is COCCn1cncc1CN1CCCC(C(=O)c2ccc(Cl)cc2)C1. The molecule has 1 aliphatic rings. The van der Waals surface area contributed by atoms with Crippen molar-refractivity contribution in [1.82, 2.24) is 14.5 Å². The third-order valence-electron chi connectivity index (χ3n) is 4.73. The van der Waals surface area contributed by atoms with E-state index in [2.05, 4.69) is 14.5 Å². The van der Waals surface area contributed by atoms with E-state index in [0.717, 1.165) is 50.3 Å². The molecule has 2 aromatic rings. The van der Waals surface area contributed by atoms with E-state index in [9.17, 15) is 4.79 Å². The van der Waals surface area contributed by atoms with Crippen LogP contribution in [-0.4, -0.2) is 47.0 Å². The zero-order valence-corrected chi connectivity index (χ0v) is 15.3. The van der Waals surface area contributed by atoms with E-state index in [1.165, 1.54) is 0 Å². The predicted molar refractivity (Wildman–Crippen MR) is 97.9 cm³/mol. The molecule has 134 valence electrons. The van der Waals surface area contributed by atoms with Crippen molar-refractivity contribution in [1.29, 1.82) is 0 Å². The third kappa shape index (κ3) is 4.69. The fourth-order valence-electron chi connectivity index (χ4n) is 3.36. The number of methoxy groups -OCH3 is 1. The molecule has 25 heavy (non-hydrogen) atoms. The highest BCUT2D eigenvalue weighted by Gasteiger charge is 2.27. The largest absolute Gasteiger partial charge is 0.383 e. The maximum absolute atomic E-state index is 12.8. The molecule has 1 fully saturated rings. The quantitative estimate of drug-likeness (QED) is 0.710. The van der Waals surface area contributed by atoms with Gasteiger partial charge in [0.1, 0.15) is 0 Å². The van der Waals surface area contributed by atoms with Gasteiger partial charge in [0.05, 0.1) is 18.6 Å². The van der Waals surface area contributed by atoms with Gasteiger partial charge in [0.15, 0.2) is 5.78 Å². The number of Topliss-reactive ketones (excluding diaryl/α,β-unsaturated/α-hetero) is 1. The number of likely N-dealkylation sites (tertiary alicyclic amines) is 1. The number of hydrogen-bond acceptors (Lipinski definition) is 4. The Morgan fingerprint density at radius 3 is 2.92 bits per heavy atom. The van der Waals surface area contributed by atoms with Gasteiger partial charge in [-0.3, -0.25) is 9.69 Å². The molecule has 1 aromatic carbocycles. The molecule has 0 bridgehead atoms. The number of halogens is 1. The van der Waals surface area contributed by atoms with Crippen molar-refractivity contribution in [3.63, 3.8) is 0 Å². The summed E-state index contributed by atoms with van der Waals surface area (Å²) in [6, 6.07) is 7.21. The van der Waals surface area contributed by atoms with Gasteiger partial charge < -0.3 is 9.30 Å². The summed E-state index contributed by atoms with van der Waals surface area (Å²) in [5, 5.41) is 0.658. The molecule has 3 rings (SSSR count). The Kier molecular flexibility index (Phi) is 6.24. The lowest BCUT2D eigenvalue weighted by molar-refractivity contribution is 0.0808. The first kappa shape index (κ1) is 18.1. The Morgan fingerprint density at radius 2 is 2.16 bits per heavy atom. The fraction of sp³-hybridized carbons (Fsp3) is 0.474. The number of carbonyl (C=O) groups excluding carboxylic acids is 1. The number of aromatic nitrogens is 2. The van der Waals surface area contributed by atoms with Gasteiger partial charge in [-0.15, -0.1) is 0 Å². The average Bonchev–Trinajstić information content (AvgIpc) is 3.07. The summed E-state index contributed by atoms with van der Waals surface area (Å²) >= 11 is 5.92. The molecule has 0 aliphatic carbocycles. The molecule has 1 atom stereocenters. The van der Waals surface area contributed by atoms with Crippen LogP contribution < -0.4 is 0 Å². The number of piperidine rings is 1. The van der Waals surface area contributed by atoms with Crippen molar-refractivity contribution >= 4 is 17.4 Å². The van der Waals surface area contributed by atoms with Gasteiger partial charge in [0, 0.05) is 49.4 Å². The Labute approximate surface area is 153 Å². The highest BCUT2D eigenvalue weighted by molar-refractivity contribution is 6.30. The maximum atomic E-state index is 12.8. The maximum Gasteiger partial charge on any atom is 0.167 e. The second kappa shape index (κ2) is 8.61. The number of carbonyl (C=O) groups is 1. The van der Waals surface area contributed by atoms with Crippen LogP contribution in [0.1, 0.15) is 28.9 Å². The molecule has 5 nitrogen and oxygen atoms in total. The third-order valence-corrected chi connectivity index (χ3v) is 4.98. The summed E-state index contributed by atoms with van der Waals surface area (Å²) in [6.45, 7) is 4.08. The van der Waals surface area contributed by atoms with Gasteiger partial charge in [0.25, 0.3) is 0 Å². The molecule has 0 saturated carbocycles. The Bertz CT molecular complexity index is 699. The van der Waals surface area contributed by atoms with Gasteiger partial charge in [-0.25, -0.2) is 4.98 Å². The lowest BCUT2D eigenvalue weighted by Crippen LogP contribution is -2.38. The lowest BCUT2D eigenvalue weighted by Gasteiger charge is -2.32. The van der Waals surface area contributed by atoms with E-state index < -0.39 is 0 Å². The summed E-state index contributed by atoms with van der Waals surface area (Å²) in [5.41, 5.74) is 1.91. The molecule has 6 heteroatoms. The van der Waals surface area contributed by atoms with E-state index in [0.29, 0.717) is 11.6 Å². The Balaban J connectivity index is 1.62. The minimum Gasteiger partial charge on any atom is -0.383 e. The topological polar surface area (TPSA) is 47.4 Å². The first-order valence-electron chi connectivity index (χ1n) is 8.67. The lowest BCUT2D eigenvalue weighted by atomic mass is 9.90. The monoisotopic (exact) mass is 361 g/mol. The molecule has 0 radical (unpaired) electrons. The second-order valence-corrected chi connectivity index (χ2v) is 6.95. The zero-order valence-electron chi connectivity index (χ0n) is 14.5. The molecule has 1 aromatic heterocycles. The smallest absolute Gasteiger partial charge is 0.167 e. The summed E-state index contributed by atoms with van der Waals surface area (Å²) in [5.74, 6) is 0.263. The number of imidazole rings is 1. The summed E-state index contributed by atoms with van der Waals surface area (Å²) in [6.07, 6.45) is 5.73. The van der Waals surface area contributed by atoms with Crippen molar-refractivity contribution < 1.29 is 9.53 Å². The van der Waals surface area contributed by atoms with E-state index >= 15 is 0 Å². The van der Waals surface area contributed by atoms with Crippen molar-refractivity contribution in [2.75, 3.05) is 26.8 Å². The molecule has 2 heterocycles. The molecule has 1 unspecified atom stereocenters. The van der Waals surface area contributed by atoms with E-state index in [-0.39, 0.29) is 11.7 Å². The van der Waals surface area contributed by atoms with Gasteiger partial charge in [0.2, 0.25) is 0 Å². The van der Waals surface area contributed by atoms with E-state index in [1.807, 2.05) is 24.7 Å². The van der Waals surface area contributed by atoms with Gasteiger partial charge >= 0.3 is 0 Å². The highest BCUT2D eigenvalue weighted by Crippen LogP contribution is 2.23. The average molecular weight is 362 g/mol. The molecular formula is C19H24ClN3O2. The predicted octanol–water partition coefficient (Wildman–Crippen LogP) is 3.28. The summed E-state index contributed by atoms with van der Waals surface area (Å²) in [7, 11) is 1.70. The molecule has 1 saturated heterocycles. The molecule has 0 spiro atoms. The fourth-order valence-corrected chi connectivity index (χ4v) is 3.49. The molecule has 0 N–H and O–H groups in total.